The average Bonchev–Trinajstić information content (AvgIpc) is 3.12. The third-order valence-electron chi connectivity index (χ3n) is 2.86. The SMILES string of the molecule is CCCc1c(OCC2CO2)[c]ccc1CC. The zero-order valence-electron chi connectivity index (χ0n) is 10.1. The van der Waals surface area contributed by atoms with E-state index in [1.54, 1.807) is 0 Å². The van der Waals surface area contributed by atoms with Crippen LogP contribution < -0.4 is 4.74 Å². The number of epoxide rings is 1. The van der Waals surface area contributed by atoms with Crippen molar-refractivity contribution in [2.45, 2.75) is 39.2 Å². The van der Waals surface area contributed by atoms with Crippen LogP contribution in [0.2, 0.25) is 0 Å². The van der Waals surface area contributed by atoms with Crippen LogP contribution in [0.5, 0.6) is 5.75 Å². The smallest absolute Gasteiger partial charge is 0.130 e. The van der Waals surface area contributed by atoms with Gasteiger partial charge in [-0.2, -0.15) is 0 Å². The summed E-state index contributed by atoms with van der Waals surface area (Å²) in [6, 6.07) is 7.31. The molecule has 0 bridgehead atoms. The third-order valence-corrected chi connectivity index (χ3v) is 2.86. The van der Waals surface area contributed by atoms with Gasteiger partial charge in [-0.3, -0.25) is 0 Å². The molecule has 0 aliphatic carbocycles. The Morgan fingerprint density at radius 3 is 2.94 bits per heavy atom. The van der Waals surface area contributed by atoms with E-state index in [0.29, 0.717) is 12.7 Å². The first-order valence-electron chi connectivity index (χ1n) is 6.12. The molecule has 1 aliphatic heterocycles. The minimum atomic E-state index is 0.313. The summed E-state index contributed by atoms with van der Waals surface area (Å²) in [5.74, 6) is 0.928. The maximum atomic E-state index is 5.78. The molecule has 16 heavy (non-hydrogen) atoms. The highest BCUT2D eigenvalue weighted by atomic mass is 16.6. The minimum Gasteiger partial charge on any atom is -0.490 e. The molecule has 1 radical (unpaired) electrons. The van der Waals surface area contributed by atoms with Gasteiger partial charge in [-0.1, -0.05) is 32.4 Å². The lowest BCUT2D eigenvalue weighted by Gasteiger charge is -2.13. The average molecular weight is 219 g/mol. The second kappa shape index (κ2) is 5.35. The second-order valence-corrected chi connectivity index (χ2v) is 4.18. The van der Waals surface area contributed by atoms with Crippen LogP contribution in [-0.4, -0.2) is 19.3 Å². The van der Waals surface area contributed by atoms with Gasteiger partial charge in [0.1, 0.15) is 18.5 Å². The van der Waals surface area contributed by atoms with Gasteiger partial charge in [0.25, 0.3) is 0 Å². The molecule has 1 aromatic rings. The Bertz CT molecular complexity index is 343. The molecule has 1 aliphatic rings. The summed E-state index contributed by atoms with van der Waals surface area (Å²) in [7, 11) is 0. The monoisotopic (exact) mass is 219 g/mol. The summed E-state index contributed by atoms with van der Waals surface area (Å²) >= 11 is 0. The van der Waals surface area contributed by atoms with Crippen molar-refractivity contribution in [1.29, 1.82) is 0 Å². The van der Waals surface area contributed by atoms with Crippen LogP contribution in [-0.2, 0) is 17.6 Å². The maximum absolute atomic E-state index is 5.78. The van der Waals surface area contributed by atoms with E-state index >= 15 is 0 Å². The van der Waals surface area contributed by atoms with Crippen molar-refractivity contribution in [1.82, 2.24) is 0 Å². The Morgan fingerprint density at radius 2 is 2.31 bits per heavy atom. The first-order chi connectivity index (χ1) is 7.85. The van der Waals surface area contributed by atoms with Crippen molar-refractivity contribution in [2.24, 2.45) is 0 Å². The molecule has 0 spiro atoms. The molecule has 1 saturated heterocycles. The van der Waals surface area contributed by atoms with Crippen LogP contribution in [0.4, 0.5) is 0 Å². The highest BCUT2D eigenvalue weighted by Crippen LogP contribution is 2.25. The van der Waals surface area contributed by atoms with Crippen molar-refractivity contribution in [3.8, 4) is 5.75 Å². The van der Waals surface area contributed by atoms with E-state index in [1.807, 2.05) is 6.07 Å². The van der Waals surface area contributed by atoms with Crippen molar-refractivity contribution in [2.75, 3.05) is 13.2 Å². The number of ether oxygens (including phenoxy) is 2. The lowest BCUT2D eigenvalue weighted by molar-refractivity contribution is 0.260. The Morgan fingerprint density at radius 1 is 1.50 bits per heavy atom. The van der Waals surface area contributed by atoms with Crippen LogP contribution >= 0.6 is 0 Å². The molecule has 1 unspecified atom stereocenters. The fourth-order valence-corrected chi connectivity index (χ4v) is 1.88. The fraction of sp³-hybridized carbons (Fsp3) is 0.571. The molecule has 1 aromatic carbocycles. The largest absolute Gasteiger partial charge is 0.490 e. The van der Waals surface area contributed by atoms with E-state index in [9.17, 15) is 0 Å². The summed E-state index contributed by atoms with van der Waals surface area (Å²) < 4.78 is 10.9. The first-order valence-corrected chi connectivity index (χ1v) is 6.12. The molecule has 1 heterocycles. The van der Waals surface area contributed by atoms with Gasteiger partial charge >= 0.3 is 0 Å². The minimum absolute atomic E-state index is 0.313. The van der Waals surface area contributed by atoms with E-state index in [4.69, 9.17) is 9.47 Å². The van der Waals surface area contributed by atoms with Gasteiger partial charge in [-0.15, -0.1) is 0 Å². The van der Waals surface area contributed by atoms with Crippen LogP contribution in [0.15, 0.2) is 12.1 Å². The summed E-state index contributed by atoms with van der Waals surface area (Å²) in [5, 5.41) is 0. The summed E-state index contributed by atoms with van der Waals surface area (Å²) in [6.45, 7) is 5.89. The van der Waals surface area contributed by atoms with E-state index in [0.717, 1.165) is 31.6 Å². The van der Waals surface area contributed by atoms with Gasteiger partial charge in [0, 0.05) is 6.07 Å². The zero-order valence-corrected chi connectivity index (χ0v) is 10.1. The predicted molar refractivity (Wildman–Crippen MR) is 63.9 cm³/mol. The molecule has 0 amide bonds. The van der Waals surface area contributed by atoms with E-state index in [2.05, 4.69) is 26.0 Å². The summed E-state index contributed by atoms with van der Waals surface area (Å²) in [6.07, 6.45) is 3.58. The topological polar surface area (TPSA) is 21.8 Å². The lowest BCUT2D eigenvalue weighted by atomic mass is 10.0. The molecule has 87 valence electrons. The van der Waals surface area contributed by atoms with Crippen LogP contribution in [0.1, 0.15) is 31.4 Å². The molecular formula is C14H19O2. The van der Waals surface area contributed by atoms with Gasteiger partial charge in [-0.25, -0.2) is 0 Å². The maximum Gasteiger partial charge on any atom is 0.130 e. The van der Waals surface area contributed by atoms with Crippen LogP contribution in [0.3, 0.4) is 0 Å². The molecule has 2 nitrogen and oxygen atoms in total. The molecular weight excluding hydrogens is 200 g/mol. The van der Waals surface area contributed by atoms with Gasteiger partial charge in [0.15, 0.2) is 0 Å². The number of hydrogen-bond donors (Lipinski definition) is 0. The van der Waals surface area contributed by atoms with Crippen LogP contribution in [0, 0.1) is 6.07 Å². The van der Waals surface area contributed by atoms with E-state index < -0.39 is 0 Å². The molecule has 2 heteroatoms. The number of benzene rings is 1. The fourth-order valence-electron chi connectivity index (χ4n) is 1.88. The second-order valence-electron chi connectivity index (χ2n) is 4.18. The highest BCUT2D eigenvalue weighted by molar-refractivity contribution is 5.39. The number of rotatable bonds is 6. The summed E-state index contributed by atoms with van der Waals surface area (Å²) in [5.41, 5.74) is 2.71. The summed E-state index contributed by atoms with van der Waals surface area (Å²) in [4.78, 5) is 0. The quantitative estimate of drug-likeness (QED) is 0.686. The van der Waals surface area contributed by atoms with Crippen molar-refractivity contribution in [3.63, 3.8) is 0 Å². The lowest BCUT2D eigenvalue weighted by Crippen LogP contribution is -2.07. The number of aryl methyl sites for hydroxylation is 1. The third kappa shape index (κ3) is 2.76. The van der Waals surface area contributed by atoms with Gasteiger partial charge in [-0.05, 0) is 24.0 Å². The molecule has 2 rings (SSSR count). The standard InChI is InChI=1S/C14H19O2/c1-3-6-13-11(4-2)7-5-8-14(13)16-10-12-9-15-12/h5,7,12H,3-4,6,9-10H2,1-2H3. The normalized spacial score (nSPS) is 18.5. The molecule has 1 atom stereocenters. The van der Waals surface area contributed by atoms with Gasteiger partial charge in [0.2, 0.25) is 0 Å². The van der Waals surface area contributed by atoms with Gasteiger partial charge in [0.05, 0.1) is 6.61 Å². The number of hydrogen-bond acceptors (Lipinski definition) is 2. The van der Waals surface area contributed by atoms with Gasteiger partial charge < -0.3 is 9.47 Å². The van der Waals surface area contributed by atoms with E-state index in [1.165, 1.54) is 11.1 Å². The zero-order chi connectivity index (χ0) is 11.4. The Labute approximate surface area is 97.6 Å². The van der Waals surface area contributed by atoms with E-state index in [-0.39, 0.29) is 0 Å². The first kappa shape index (κ1) is 11.5. The van der Waals surface area contributed by atoms with Crippen molar-refractivity contribution >= 4 is 0 Å². The van der Waals surface area contributed by atoms with Crippen LogP contribution in [0.25, 0.3) is 0 Å². The molecule has 0 aromatic heterocycles. The molecule has 0 saturated carbocycles. The molecule has 1 fully saturated rings. The highest BCUT2D eigenvalue weighted by Gasteiger charge is 2.23. The van der Waals surface area contributed by atoms with Crippen molar-refractivity contribution in [3.05, 3.63) is 29.3 Å². The molecule has 0 N–H and O–H groups in total. The van der Waals surface area contributed by atoms with Crippen molar-refractivity contribution < 1.29 is 9.47 Å². The Hall–Kier alpha value is -1.02. The Kier molecular flexibility index (Phi) is 3.83. The Balaban J connectivity index is 2.12. The predicted octanol–water partition coefficient (Wildman–Crippen LogP) is 2.78.